The largest absolute Gasteiger partial charge is 0.489 e. The summed E-state index contributed by atoms with van der Waals surface area (Å²) in [5.74, 6) is 0.842. The first-order valence-corrected chi connectivity index (χ1v) is 8.72. The van der Waals surface area contributed by atoms with E-state index in [0.29, 0.717) is 6.61 Å². The van der Waals surface area contributed by atoms with Crippen molar-refractivity contribution in [2.75, 3.05) is 0 Å². The molecule has 0 bridgehead atoms. The summed E-state index contributed by atoms with van der Waals surface area (Å²) in [6.45, 7) is 3.38. The topological polar surface area (TPSA) is 21.3 Å². The van der Waals surface area contributed by atoms with Crippen LogP contribution in [0, 0.1) is 6.92 Å². The number of thiocarbonyl (C=S) groups is 1. The van der Waals surface area contributed by atoms with E-state index in [1.807, 2.05) is 42.5 Å². The number of benzene rings is 3. The first-order valence-electron chi connectivity index (χ1n) is 8.31. The molecule has 0 heterocycles. The zero-order valence-corrected chi connectivity index (χ0v) is 15.1. The molecule has 1 N–H and O–H groups in total. The van der Waals surface area contributed by atoms with E-state index in [9.17, 15) is 0 Å². The number of nitrogens with one attached hydrogen (secondary N) is 1. The van der Waals surface area contributed by atoms with Crippen LogP contribution >= 0.6 is 12.2 Å². The van der Waals surface area contributed by atoms with Gasteiger partial charge in [0.05, 0.1) is 0 Å². The van der Waals surface area contributed by atoms with Gasteiger partial charge in [0.1, 0.15) is 17.3 Å². The third kappa shape index (κ3) is 5.16. The molecule has 0 aliphatic heterocycles. The predicted molar refractivity (Wildman–Crippen MR) is 107 cm³/mol. The van der Waals surface area contributed by atoms with Crippen molar-refractivity contribution in [1.82, 2.24) is 5.32 Å². The van der Waals surface area contributed by atoms with Gasteiger partial charge in [-0.2, -0.15) is 0 Å². The van der Waals surface area contributed by atoms with Gasteiger partial charge in [-0.1, -0.05) is 72.4 Å². The Morgan fingerprint density at radius 2 is 1.52 bits per heavy atom. The molecule has 2 nitrogen and oxygen atoms in total. The van der Waals surface area contributed by atoms with Crippen LogP contribution in [0.25, 0.3) is 0 Å². The highest BCUT2D eigenvalue weighted by molar-refractivity contribution is 7.80. The lowest BCUT2D eigenvalue weighted by molar-refractivity contribution is 0.306. The standard InChI is InChI=1S/C22H21NOS/c1-17-7-9-18(10-8-17)15-23-22(25)20-11-13-21(14-12-20)24-16-19-5-3-2-4-6-19/h2-14H,15-16H2,1H3,(H,23,25). The Kier molecular flexibility index (Phi) is 5.81. The van der Waals surface area contributed by atoms with Gasteiger partial charge in [0.15, 0.2) is 0 Å². The van der Waals surface area contributed by atoms with Crippen LogP contribution in [-0.4, -0.2) is 4.99 Å². The number of hydrogen-bond donors (Lipinski definition) is 1. The van der Waals surface area contributed by atoms with Crippen molar-refractivity contribution in [1.29, 1.82) is 0 Å². The molecule has 0 fully saturated rings. The Bertz CT molecular complexity index is 811. The van der Waals surface area contributed by atoms with Gasteiger partial charge in [-0.15, -0.1) is 0 Å². The molecule has 3 aromatic rings. The zero-order chi connectivity index (χ0) is 17.5. The molecule has 0 aliphatic rings. The maximum Gasteiger partial charge on any atom is 0.119 e. The first-order chi connectivity index (χ1) is 12.2. The zero-order valence-electron chi connectivity index (χ0n) is 14.2. The second kappa shape index (κ2) is 8.45. The van der Waals surface area contributed by atoms with Crippen LogP contribution in [0.15, 0.2) is 78.9 Å². The van der Waals surface area contributed by atoms with Gasteiger partial charge in [-0.05, 0) is 42.3 Å². The molecule has 126 valence electrons. The maximum absolute atomic E-state index is 5.80. The van der Waals surface area contributed by atoms with Crippen molar-refractivity contribution < 1.29 is 4.74 Å². The van der Waals surface area contributed by atoms with E-state index in [-0.39, 0.29) is 0 Å². The second-order valence-electron chi connectivity index (χ2n) is 5.97. The molecule has 3 heteroatoms. The lowest BCUT2D eigenvalue weighted by Gasteiger charge is -2.10. The number of rotatable bonds is 6. The highest BCUT2D eigenvalue weighted by atomic mass is 32.1. The summed E-state index contributed by atoms with van der Waals surface area (Å²) in [6.07, 6.45) is 0. The predicted octanol–water partition coefficient (Wildman–Crippen LogP) is 5.04. The van der Waals surface area contributed by atoms with E-state index in [2.05, 4.69) is 48.6 Å². The van der Waals surface area contributed by atoms with Gasteiger partial charge < -0.3 is 10.1 Å². The molecular formula is C22H21NOS. The molecule has 0 radical (unpaired) electrons. The monoisotopic (exact) mass is 347 g/mol. The summed E-state index contributed by atoms with van der Waals surface area (Å²) < 4.78 is 5.80. The van der Waals surface area contributed by atoms with Crippen LogP contribution in [-0.2, 0) is 13.2 Å². The van der Waals surface area contributed by atoms with Gasteiger partial charge in [-0.3, -0.25) is 0 Å². The SMILES string of the molecule is Cc1ccc(CNC(=S)c2ccc(OCc3ccccc3)cc2)cc1. The van der Waals surface area contributed by atoms with Gasteiger partial charge >= 0.3 is 0 Å². The van der Waals surface area contributed by atoms with Crippen molar-refractivity contribution in [3.63, 3.8) is 0 Å². The van der Waals surface area contributed by atoms with E-state index in [1.165, 1.54) is 11.1 Å². The quantitative estimate of drug-likeness (QED) is 0.631. The maximum atomic E-state index is 5.80. The van der Waals surface area contributed by atoms with Crippen LogP contribution in [0.4, 0.5) is 0 Å². The highest BCUT2D eigenvalue weighted by Crippen LogP contribution is 2.15. The van der Waals surface area contributed by atoms with Gasteiger partial charge in [0, 0.05) is 12.1 Å². The van der Waals surface area contributed by atoms with E-state index < -0.39 is 0 Å². The van der Waals surface area contributed by atoms with Crippen LogP contribution in [0.5, 0.6) is 5.75 Å². The summed E-state index contributed by atoms with van der Waals surface area (Å²) in [5.41, 5.74) is 4.63. The molecule has 0 amide bonds. The third-order valence-electron chi connectivity index (χ3n) is 3.94. The van der Waals surface area contributed by atoms with Gasteiger partial charge in [-0.25, -0.2) is 0 Å². The van der Waals surface area contributed by atoms with Crippen molar-refractivity contribution in [2.24, 2.45) is 0 Å². The van der Waals surface area contributed by atoms with Gasteiger partial charge in [0.2, 0.25) is 0 Å². The van der Waals surface area contributed by atoms with Crippen LogP contribution in [0.1, 0.15) is 22.3 Å². The fourth-order valence-electron chi connectivity index (χ4n) is 2.43. The molecule has 0 aromatic heterocycles. The average Bonchev–Trinajstić information content (AvgIpc) is 2.67. The van der Waals surface area contributed by atoms with Gasteiger partial charge in [0.25, 0.3) is 0 Å². The molecule has 0 atom stereocenters. The molecule has 25 heavy (non-hydrogen) atoms. The smallest absolute Gasteiger partial charge is 0.119 e. The Balaban J connectivity index is 1.52. The van der Waals surface area contributed by atoms with E-state index in [0.717, 1.165) is 28.4 Å². The summed E-state index contributed by atoms with van der Waals surface area (Å²) in [7, 11) is 0. The van der Waals surface area contributed by atoms with Crippen molar-refractivity contribution in [2.45, 2.75) is 20.1 Å². The number of ether oxygens (including phenoxy) is 1. The Labute approximate surface area is 154 Å². The van der Waals surface area contributed by atoms with Crippen molar-refractivity contribution >= 4 is 17.2 Å². The molecule has 0 spiro atoms. The minimum atomic E-state index is 0.566. The average molecular weight is 347 g/mol. The van der Waals surface area contributed by atoms with Crippen LogP contribution in [0.3, 0.4) is 0 Å². The molecular weight excluding hydrogens is 326 g/mol. The van der Waals surface area contributed by atoms with Crippen molar-refractivity contribution in [3.8, 4) is 5.75 Å². The molecule has 0 saturated carbocycles. The Hall–Kier alpha value is -2.65. The Morgan fingerprint density at radius 3 is 2.20 bits per heavy atom. The minimum Gasteiger partial charge on any atom is -0.489 e. The normalized spacial score (nSPS) is 10.3. The lowest BCUT2D eigenvalue weighted by atomic mass is 10.1. The molecule has 3 rings (SSSR count). The van der Waals surface area contributed by atoms with E-state index in [1.54, 1.807) is 0 Å². The second-order valence-corrected chi connectivity index (χ2v) is 6.38. The van der Waals surface area contributed by atoms with Crippen LogP contribution in [0.2, 0.25) is 0 Å². The summed E-state index contributed by atoms with van der Waals surface area (Å²) in [6, 6.07) is 26.5. The first kappa shape index (κ1) is 17.2. The third-order valence-corrected chi connectivity index (χ3v) is 4.32. The minimum absolute atomic E-state index is 0.566. The lowest BCUT2D eigenvalue weighted by Crippen LogP contribution is -2.21. The molecule has 0 unspecified atom stereocenters. The molecule has 3 aromatic carbocycles. The summed E-state index contributed by atoms with van der Waals surface area (Å²) in [4.78, 5) is 0.746. The summed E-state index contributed by atoms with van der Waals surface area (Å²) in [5, 5.41) is 3.30. The van der Waals surface area contributed by atoms with Crippen molar-refractivity contribution in [3.05, 3.63) is 101 Å². The number of aryl methyl sites for hydroxylation is 1. The Morgan fingerprint density at radius 1 is 0.840 bits per heavy atom. The molecule has 0 aliphatic carbocycles. The highest BCUT2D eigenvalue weighted by Gasteiger charge is 2.02. The van der Waals surface area contributed by atoms with E-state index in [4.69, 9.17) is 17.0 Å². The number of hydrogen-bond acceptors (Lipinski definition) is 2. The fraction of sp³-hybridized carbons (Fsp3) is 0.136. The van der Waals surface area contributed by atoms with Crippen LogP contribution < -0.4 is 10.1 Å². The fourth-order valence-corrected chi connectivity index (χ4v) is 2.64. The van der Waals surface area contributed by atoms with E-state index >= 15 is 0 Å². The summed E-state index contributed by atoms with van der Waals surface area (Å²) >= 11 is 5.48. The molecule has 0 saturated heterocycles.